The van der Waals surface area contributed by atoms with E-state index in [-0.39, 0.29) is 0 Å². The van der Waals surface area contributed by atoms with E-state index in [9.17, 15) is 0 Å². The summed E-state index contributed by atoms with van der Waals surface area (Å²) in [5, 5.41) is 3.26. The first-order valence-corrected chi connectivity index (χ1v) is 5.67. The molecule has 88 valence electrons. The fourth-order valence-corrected chi connectivity index (χ4v) is 1.73. The maximum atomic E-state index is 5.90. The van der Waals surface area contributed by atoms with Gasteiger partial charge in [0.15, 0.2) is 0 Å². The van der Waals surface area contributed by atoms with Crippen LogP contribution in [0.2, 0.25) is 0 Å². The van der Waals surface area contributed by atoms with E-state index >= 15 is 0 Å². The van der Waals surface area contributed by atoms with Crippen molar-refractivity contribution in [1.29, 1.82) is 0 Å². The van der Waals surface area contributed by atoms with E-state index in [0.29, 0.717) is 5.69 Å². The minimum atomic E-state index is 0.693. The number of pyridine rings is 1. The van der Waals surface area contributed by atoms with E-state index < -0.39 is 0 Å². The van der Waals surface area contributed by atoms with Crippen LogP contribution in [-0.4, -0.2) is 4.98 Å². The van der Waals surface area contributed by atoms with Crippen molar-refractivity contribution in [3.8, 4) is 0 Å². The van der Waals surface area contributed by atoms with Crippen LogP contribution in [0, 0.1) is 13.8 Å². The van der Waals surface area contributed by atoms with Crippen molar-refractivity contribution < 1.29 is 0 Å². The predicted molar refractivity (Wildman–Crippen MR) is 71.9 cm³/mol. The minimum absolute atomic E-state index is 0.693. The van der Waals surface area contributed by atoms with Crippen LogP contribution in [0.15, 0.2) is 36.5 Å². The second kappa shape index (κ2) is 4.87. The Labute approximate surface area is 102 Å². The van der Waals surface area contributed by atoms with Gasteiger partial charge in [-0.2, -0.15) is 0 Å². The highest BCUT2D eigenvalue weighted by atomic mass is 15.0. The van der Waals surface area contributed by atoms with Crippen molar-refractivity contribution in [2.24, 2.45) is 0 Å². The van der Waals surface area contributed by atoms with Crippen molar-refractivity contribution in [3.05, 3.63) is 53.2 Å². The Morgan fingerprint density at radius 3 is 2.71 bits per heavy atom. The molecule has 0 atom stereocenters. The predicted octanol–water partition coefficient (Wildman–Crippen LogP) is 2.89. The smallest absolute Gasteiger partial charge is 0.149 e. The molecule has 1 aromatic heterocycles. The lowest BCUT2D eigenvalue weighted by atomic mass is 10.1. The van der Waals surface area contributed by atoms with E-state index in [4.69, 9.17) is 5.73 Å². The van der Waals surface area contributed by atoms with Gasteiger partial charge in [0.25, 0.3) is 0 Å². The van der Waals surface area contributed by atoms with Crippen LogP contribution in [0.4, 0.5) is 11.5 Å². The first-order chi connectivity index (χ1) is 8.16. The van der Waals surface area contributed by atoms with Crippen molar-refractivity contribution in [2.75, 3.05) is 11.1 Å². The highest BCUT2D eigenvalue weighted by Gasteiger charge is 2.01. The van der Waals surface area contributed by atoms with Gasteiger partial charge in [0.05, 0.1) is 5.69 Å². The molecule has 2 rings (SSSR count). The van der Waals surface area contributed by atoms with Crippen LogP contribution in [-0.2, 0) is 6.54 Å². The van der Waals surface area contributed by atoms with Gasteiger partial charge in [-0.05, 0) is 36.6 Å². The maximum Gasteiger partial charge on any atom is 0.149 e. The first-order valence-electron chi connectivity index (χ1n) is 5.67. The zero-order valence-electron chi connectivity index (χ0n) is 10.2. The number of anilines is 2. The Morgan fingerprint density at radius 2 is 2.00 bits per heavy atom. The lowest BCUT2D eigenvalue weighted by Gasteiger charge is -2.10. The third-order valence-electron chi connectivity index (χ3n) is 2.76. The largest absolute Gasteiger partial charge is 0.396 e. The zero-order valence-corrected chi connectivity index (χ0v) is 10.2. The molecule has 0 aliphatic carbocycles. The van der Waals surface area contributed by atoms with E-state index in [2.05, 4.69) is 29.4 Å². The number of aryl methyl sites for hydroxylation is 2. The Morgan fingerprint density at radius 1 is 1.24 bits per heavy atom. The fraction of sp³-hybridized carbons (Fsp3) is 0.214. The van der Waals surface area contributed by atoms with E-state index in [1.54, 1.807) is 0 Å². The number of nitrogens with two attached hydrogens (primary N) is 1. The quantitative estimate of drug-likeness (QED) is 0.847. The molecular weight excluding hydrogens is 210 g/mol. The number of hydrogen-bond donors (Lipinski definition) is 2. The SMILES string of the molecule is Cc1cnc(NCc2ccccc2C)c(N)c1. The van der Waals surface area contributed by atoms with Gasteiger partial charge in [0.1, 0.15) is 5.82 Å². The van der Waals surface area contributed by atoms with Crippen LogP contribution in [0.25, 0.3) is 0 Å². The third kappa shape index (κ3) is 2.75. The molecule has 0 saturated heterocycles. The standard InChI is InChI=1S/C14H17N3/c1-10-7-13(15)14(16-8-10)17-9-12-6-4-3-5-11(12)2/h3-8H,9,15H2,1-2H3,(H,16,17). The number of benzene rings is 1. The van der Waals surface area contributed by atoms with Crippen molar-refractivity contribution in [2.45, 2.75) is 20.4 Å². The molecule has 0 spiro atoms. The summed E-state index contributed by atoms with van der Waals surface area (Å²) in [6.45, 7) is 4.82. The van der Waals surface area contributed by atoms with Gasteiger partial charge >= 0.3 is 0 Å². The third-order valence-corrected chi connectivity index (χ3v) is 2.76. The van der Waals surface area contributed by atoms with Gasteiger partial charge in [-0.25, -0.2) is 4.98 Å². The van der Waals surface area contributed by atoms with Crippen LogP contribution in [0.5, 0.6) is 0 Å². The summed E-state index contributed by atoms with van der Waals surface area (Å²) < 4.78 is 0. The number of hydrogen-bond acceptors (Lipinski definition) is 3. The summed E-state index contributed by atoms with van der Waals surface area (Å²) in [7, 11) is 0. The Hall–Kier alpha value is -2.03. The lowest BCUT2D eigenvalue weighted by molar-refractivity contribution is 1.09. The van der Waals surface area contributed by atoms with Gasteiger partial charge in [-0.1, -0.05) is 24.3 Å². The molecule has 2 aromatic rings. The highest BCUT2D eigenvalue weighted by Crippen LogP contribution is 2.17. The normalized spacial score (nSPS) is 10.2. The Kier molecular flexibility index (Phi) is 3.28. The molecule has 1 heterocycles. The summed E-state index contributed by atoms with van der Waals surface area (Å²) in [5.41, 5.74) is 10.2. The minimum Gasteiger partial charge on any atom is -0.396 e. The number of nitrogen functional groups attached to an aromatic ring is 1. The second-order valence-corrected chi connectivity index (χ2v) is 4.23. The van der Waals surface area contributed by atoms with E-state index in [1.807, 2.05) is 31.3 Å². The van der Waals surface area contributed by atoms with Gasteiger partial charge in [-0.15, -0.1) is 0 Å². The Bertz CT molecular complexity index is 521. The van der Waals surface area contributed by atoms with Crippen LogP contribution >= 0.6 is 0 Å². The summed E-state index contributed by atoms with van der Waals surface area (Å²) in [4.78, 5) is 4.29. The molecular formula is C14H17N3. The molecule has 0 aliphatic rings. The molecule has 0 unspecified atom stereocenters. The molecule has 3 heteroatoms. The molecule has 0 fully saturated rings. The van der Waals surface area contributed by atoms with Crippen LogP contribution < -0.4 is 11.1 Å². The molecule has 1 aromatic carbocycles. The maximum absolute atomic E-state index is 5.90. The summed E-state index contributed by atoms with van der Waals surface area (Å²) >= 11 is 0. The van der Waals surface area contributed by atoms with E-state index in [0.717, 1.165) is 17.9 Å². The first kappa shape index (κ1) is 11.5. The molecule has 0 bridgehead atoms. The van der Waals surface area contributed by atoms with Gasteiger partial charge in [0.2, 0.25) is 0 Å². The monoisotopic (exact) mass is 227 g/mol. The molecule has 0 saturated carbocycles. The van der Waals surface area contributed by atoms with Crippen molar-refractivity contribution >= 4 is 11.5 Å². The summed E-state index contributed by atoms with van der Waals surface area (Å²) in [5.74, 6) is 0.749. The summed E-state index contributed by atoms with van der Waals surface area (Å²) in [6, 6.07) is 10.2. The molecule has 3 N–H and O–H groups in total. The van der Waals surface area contributed by atoms with Crippen LogP contribution in [0.1, 0.15) is 16.7 Å². The molecule has 17 heavy (non-hydrogen) atoms. The second-order valence-electron chi connectivity index (χ2n) is 4.23. The number of nitrogens with zero attached hydrogens (tertiary/aromatic N) is 1. The van der Waals surface area contributed by atoms with Crippen LogP contribution in [0.3, 0.4) is 0 Å². The van der Waals surface area contributed by atoms with Gasteiger partial charge in [-0.3, -0.25) is 0 Å². The Balaban J connectivity index is 2.10. The number of rotatable bonds is 3. The lowest BCUT2D eigenvalue weighted by Crippen LogP contribution is -2.05. The topological polar surface area (TPSA) is 50.9 Å². The van der Waals surface area contributed by atoms with Gasteiger partial charge < -0.3 is 11.1 Å². The summed E-state index contributed by atoms with van der Waals surface area (Å²) in [6.07, 6.45) is 1.82. The average molecular weight is 227 g/mol. The average Bonchev–Trinajstić information content (AvgIpc) is 2.30. The number of nitrogens with one attached hydrogen (secondary N) is 1. The molecule has 0 radical (unpaired) electrons. The molecule has 0 aliphatic heterocycles. The molecule has 0 amide bonds. The van der Waals surface area contributed by atoms with Crippen molar-refractivity contribution in [1.82, 2.24) is 4.98 Å². The molecule has 3 nitrogen and oxygen atoms in total. The highest BCUT2D eigenvalue weighted by molar-refractivity contribution is 5.61. The van der Waals surface area contributed by atoms with E-state index in [1.165, 1.54) is 11.1 Å². The fourth-order valence-electron chi connectivity index (χ4n) is 1.73. The van der Waals surface area contributed by atoms with Gasteiger partial charge in [0, 0.05) is 12.7 Å². The zero-order chi connectivity index (χ0) is 12.3. The van der Waals surface area contributed by atoms with Crippen molar-refractivity contribution in [3.63, 3.8) is 0 Å². The number of aromatic nitrogens is 1.